The maximum Gasteiger partial charge on any atom is 0.253 e. The van der Waals surface area contributed by atoms with Gasteiger partial charge in [0, 0.05) is 18.2 Å². The molecule has 0 fully saturated rings. The first-order valence-corrected chi connectivity index (χ1v) is 4.09. The van der Waals surface area contributed by atoms with Gasteiger partial charge in [0.25, 0.3) is 11.8 Å². The summed E-state index contributed by atoms with van der Waals surface area (Å²) < 4.78 is 0. The minimum absolute atomic E-state index is 0.0139. The maximum atomic E-state index is 11.1. The topological polar surface area (TPSA) is 37.4 Å². The molecular formula is C9H13NO2. The van der Waals surface area contributed by atoms with Gasteiger partial charge in [-0.15, -0.1) is 0 Å². The number of carbonyl (C=O) groups is 2. The zero-order chi connectivity index (χ0) is 9.30. The highest BCUT2D eigenvalue weighted by Gasteiger charge is 2.29. The van der Waals surface area contributed by atoms with Crippen molar-refractivity contribution in [3.05, 3.63) is 12.2 Å². The van der Waals surface area contributed by atoms with Gasteiger partial charge in [-0.2, -0.15) is 0 Å². The molecule has 0 spiro atoms. The average Bonchev–Trinajstić information content (AvgIpc) is 2.30. The highest BCUT2D eigenvalue weighted by atomic mass is 16.2. The van der Waals surface area contributed by atoms with E-state index >= 15 is 0 Å². The zero-order valence-corrected chi connectivity index (χ0v) is 7.57. The summed E-state index contributed by atoms with van der Waals surface area (Å²) in [7, 11) is 0. The van der Waals surface area contributed by atoms with Crippen molar-refractivity contribution in [1.82, 2.24) is 4.90 Å². The van der Waals surface area contributed by atoms with Gasteiger partial charge < -0.3 is 0 Å². The molecule has 0 N–H and O–H groups in total. The van der Waals surface area contributed by atoms with Crippen molar-refractivity contribution in [2.45, 2.75) is 26.8 Å². The fraction of sp³-hybridized carbons (Fsp3) is 0.556. The molecule has 0 aliphatic carbocycles. The summed E-state index contributed by atoms with van der Waals surface area (Å²) >= 11 is 0. The van der Waals surface area contributed by atoms with E-state index in [4.69, 9.17) is 0 Å². The molecule has 0 aromatic heterocycles. The molecule has 3 heteroatoms. The molecule has 1 rings (SSSR count). The number of hydrogen-bond donors (Lipinski definition) is 0. The fourth-order valence-electron chi connectivity index (χ4n) is 1.11. The van der Waals surface area contributed by atoms with E-state index in [1.807, 2.05) is 20.8 Å². The Balaban J connectivity index is 2.76. The van der Waals surface area contributed by atoms with Gasteiger partial charge in [0.2, 0.25) is 0 Å². The molecule has 1 aliphatic rings. The lowest BCUT2D eigenvalue weighted by Crippen LogP contribution is -2.41. The molecule has 0 saturated carbocycles. The van der Waals surface area contributed by atoms with Gasteiger partial charge in [-0.25, -0.2) is 0 Å². The third kappa shape index (κ3) is 1.40. The predicted octanol–water partition coefficient (Wildman–Crippen LogP) is 0.956. The second-order valence-corrected chi connectivity index (χ2v) is 3.36. The van der Waals surface area contributed by atoms with Gasteiger partial charge in [0.15, 0.2) is 0 Å². The van der Waals surface area contributed by atoms with Crippen molar-refractivity contribution >= 4 is 11.8 Å². The van der Waals surface area contributed by atoms with Crippen LogP contribution in [0.5, 0.6) is 0 Å². The molecule has 1 heterocycles. The Morgan fingerprint density at radius 3 is 1.83 bits per heavy atom. The van der Waals surface area contributed by atoms with Crippen LogP contribution in [0.15, 0.2) is 12.2 Å². The molecule has 0 aromatic carbocycles. The van der Waals surface area contributed by atoms with Crippen molar-refractivity contribution in [2.75, 3.05) is 0 Å². The quantitative estimate of drug-likeness (QED) is 0.574. The summed E-state index contributed by atoms with van der Waals surface area (Å²) in [5.41, 5.74) is 0. The van der Waals surface area contributed by atoms with Crippen LogP contribution in [0.2, 0.25) is 0 Å². The number of nitrogens with zero attached hydrogens (tertiary/aromatic N) is 1. The maximum absolute atomic E-state index is 11.1. The van der Waals surface area contributed by atoms with Gasteiger partial charge in [0.1, 0.15) is 0 Å². The number of carbonyl (C=O) groups excluding carboxylic acids is 2. The summed E-state index contributed by atoms with van der Waals surface area (Å²) in [5, 5.41) is 0. The van der Waals surface area contributed by atoms with E-state index in [0.29, 0.717) is 5.92 Å². The Kier molecular flexibility index (Phi) is 2.31. The van der Waals surface area contributed by atoms with E-state index in [2.05, 4.69) is 0 Å². The summed E-state index contributed by atoms with van der Waals surface area (Å²) in [6.45, 7) is 5.86. The lowest BCUT2D eigenvalue weighted by molar-refractivity contribution is -0.140. The van der Waals surface area contributed by atoms with Gasteiger partial charge in [-0.05, 0) is 12.8 Å². The van der Waals surface area contributed by atoms with Crippen LogP contribution in [0.25, 0.3) is 0 Å². The Morgan fingerprint density at radius 1 is 1.08 bits per heavy atom. The van der Waals surface area contributed by atoms with Crippen molar-refractivity contribution in [3.8, 4) is 0 Å². The second kappa shape index (κ2) is 3.09. The first-order valence-electron chi connectivity index (χ1n) is 4.09. The van der Waals surface area contributed by atoms with Gasteiger partial charge in [-0.3, -0.25) is 14.5 Å². The normalized spacial score (nSPS) is 19.5. The summed E-state index contributed by atoms with van der Waals surface area (Å²) in [4.78, 5) is 23.6. The molecule has 12 heavy (non-hydrogen) atoms. The molecule has 0 unspecified atom stereocenters. The Bertz CT molecular complexity index is 225. The van der Waals surface area contributed by atoms with Crippen LogP contribution in [-0.2, 0) is 9.59 Å². The summed E-state index contributed by atoms with van der Waals surface area (Å²) in [6.07, 6.45) is 2.64. The number of amides is 2. The standard InChI is InChI=1S/C9H13NO2/c1-6(2)7(3)10-8(11)4-5-9(10)12/h4-7H,1-3H3/t7-/m1/s1. The van der Waals surface area contributed by atoms with Crippen molar-refractivity contribution in [1.29, 1.82) is 0 Å². The smallest absolute Gasteiger partial charge is 0.253 e. The van der Waals surface area contributed by atoms with Crippen LogP contribution in [0.4, 0.5) is 0 Å². The predicted molar refractivity (Wildman–Crippen MR) is 45.3 cm³/mol. The van der Waals surface area contributed by atoms with E-state index in [-0.39, 0.29) is 17.9 Å². The highest BCUT2D eigenvalue weighted by Crippen LogP contribution is 2.14. The van der Waals surface area contributed by atoms with Crippen LogP contribution >= 0.6 is 0 Å². The highest BCUT2D eigenvalue weighted by molar-refractivity contribution is 6.13. The van der Waals surface area contributed by atoms with Crippen LogP contribution in [0.3, 0.4) is 0 Å². The number of hydrogen-bond acceptors (Lipinski definition) is 2. The average molecular weight is 167 g/mol. The van der Waals surface area contributed by atoms with Crippen molar-refractivity contribution in [2.24, 2.45) is 5.92 Å². The fourth-order valence-corrected chi connectivity index (χ4v) is 1.11. The van der Waals surface area contributed by atoms with Crippen LogP contribution < -0.4 is 0 Å². The number of rotatable bonds is 2. The van der Waals surface area contributed by atoms with E-state index in [0.717, 1.165) is 0 Å². The molecule has 3 nitrogen and oxygen atoms in total. The first kappa shape index (κ1) is 8.97. The molecule has 2 amide bonds. The van der Waals surface area contributed by atoms with E-state index in [9.17, 15) is 9.59 Å². The third-order valence-electron chi connectivity index (χ3n) is 2.22. The van der Waals surface area contributed by atoms with E-state index < -0.39 is 0 Å². The minimum Gasteiger partial charge on any atom is -0.272 e. The molecule has 0 saturated heterocycles. The molecule has 0 radical (unpaired) electrons. The number of imide groups is 1. The summed E-state index contributed by atoms with van der Waals surface area (Å²) in [6, 6.07) is -0.0139. The zero-order valence-electron chi connectivity index (χ0n) is 7.57. The Labute approximate surface area is 72.0 Å². The minimum atomic E-state index is -0.193. The van der Waals surface area contributed by atoms with Crippen LogP contribution in [0.1, 0.15) is 20.8 Å². The lowest BCUT2D eigenvalue weighted by atomic mass is 10.1. The van der Waals surface area contributed by atoms with Crippen molar-refractivity contribution < 1.29 is 9.59 Å². The van der Waals surface area contributed by atoms with E-state index in [1.165, 1.54) is 17.1 Å². The first-order chi connectivity index (χ1) is 5.54. The van der Waals surface area contributed by atoms with Gasteiger partial charge in [-0.1, -0.05) is 13.8 Å². The lowest BCUT2D eigenvalue weighted by Gasteiger charge is -2.25. The largest absolute Gasteiger partial charge is 0.272 e. The Morgan fingerprint density at radius 2 is 1.50 bits per heavy atom. The monoisotopic (exact) mass is 167 g/mol. The van der Waals surface area contributed by atoms with Crippen molar-refractivity contribution in [3.63, 3.8) is 0 Å². The molecule has 1 aliphatic heterocycles. The van der Waals surface area contributed by atoms with Gasteiger partial charge in [0.05, 0.1) is 0 Å². The summed E-state index contributed by atoms with van der Waals surface area (Å²) in [5.74, 6) is -0.0831. The van der Waals surface area contributed by atoms with Crippen LogP contribution in [-0.4, -0.2) is 22.8 Å². The van der Waals surface area contributed by atoms with Gasteiger partial charge >= 0.3 is 0 Å². The second-order valence-electron chi connectivity index (χ2n) is 3.36. The molecule has 0 aromatic rings. The van der Waals surface area contributed by atoms with Crippen LogP contribution in [0, 0.1) is 5.92 Å². The molecular weight excluding hydrogens is 154 g/mol. The Hall–Kier alpha value is -1.12. The SMILES string of the molecule is CC(C)[C@@H](C)N1C(=O)C=CC1=O. The molecule has 0 bridgehead atoms. The van der Waals surface area contributed by atoms with E-state index in [1.54, 1.807) is 0 Å². The third-order valence-corrected chi connectivity index (χ3v) is 2.22. The molecule has 1 atom stereocenters. The molecule has 66 valence electrons.